The molecule has 8 nitrogen and oxygen atoms in total. The Morgan fingerprint density at radius 2 is 2.17 bits per heavy atom. The Morgan fingerprint density at radius 1 is 1.33 bits per heavy atom. The first-order valence-corrected chi connectivity index (χ1v) is 9.71. The minimum Gasteiger partial charge on any atom is -0.489 e. The van der Waals surface area contributed by atoms with E-state index in [0.717, 1.165) is 11.3 Å². The molecule has 0 aliphatic carbocycles. The average molecular weight is 409 g/mol. The number of benzene rings is 1. The Morgan fingerprint density at radius 3 is 2.83 bits per heavy atom. The summed E-state index contributed by atoms with van der Waals surface area (Å²) in [6, 6.07) is 9.12. The van der Waals surface area contributed by atoms with Crippen LogP contribution >= 0.6 is 0 Å². The fourth-order valence-electron chi connectivity index (χ4n) is 3.58. The fraction of sp³-hybridized carbons (Fsp3) is 0.318. The molecule has 1 fully saturated rings. The van der Waals surface area contributed by atoms with Crippen molar-refractivity contribution in [2.24, 2.45) is 0 Å². The van der Waals surface area contributed by atoms with Crippen molar-refractivity contribution >= 4 is 22.8 Å². The number of aliphatic hydroxyl groups excluding tert-OH is 1. The van der Waals surface area contributed by atoms with Gasteiger partial charge in [-0.15, -0.1) is 0 Å². The molecule has 1 atom stereocenters. The second-order valence-corrected chi connectivity index (χ2v) is 7.49. The van der Waals surface area contributed by atoms with E-state index in [1.165, 1.54) is 0 Å². The quantitative estimate of drug-likeness (QED) is 0.574. The highest BCUT2D eigenvalue weighted by atomic mass is 16.5. The number of furan rings is 1. The third kappa shape index (κ3) is 3.61. The van der Waals surface area contributed by atoms with Crippen LogP contribution in [0, 0.1) is 13.8 Å². The number of nitrogens with one attached hydrogen (secondary N) is 2. The van der Waals surface area contributed by atoms with Gasteiger partial charge in [-0.05, 0) is 44.5 Å². The fourth-order valence-corrected chi connectivity index (χ4v) is 3.58. The van der Waals surface area contributed by atoms with Crippen molar-refractivity contribution in [2.45, 2.75) is 32.4 Å². The van der Waals surface area contributed by atoms with E-state index in [2.05, 4.69) is 15.6 Å². The van der Waals surface area contributed by atoms with Crippen molar-refractivity contribution in [3.05, 3.63) is 59.1 Å². The Hall–Kier alpha value is -3.39. The van der Waals surface area contributed by atoms with Crippen molar-refractivity contribution in [1.82, 2.24) is 15.6 Å². The molecule has 156 valence electrons. The molecule has 3 aromatic rings. The van der Waals surface area contributed by atoms with Crippen molar-refractivity contribution < 1.29 is 23.8 Å². The van der Waals surface area contributed by atoms with Crippen LogP contribution in [0.2, 0.25) is 0 Å². The number of pyridine rings is 1. The maximum absolute atomic E-state index is 13.0. The number of rotatable bonds is 6. The first-order valence-electron chi connectivity index (χ1n) is 9.71. The maximum atomic E-state index is 13.0. The molecule has 8 heteroatoms. The number of hydrogen-bond donors (Lipinski definition) is 3. The average Bonchev–Trinajstić information content (AvgIpc) is 3.26. The van der Waals surface area contributed by atoms with Gasteiger partial charge in [-0.1, -0.05) is 6.07 Å². The number of carbonyl (C=O) groups is 2. The minimum atomic E-state index is -1.32. The molecule has 0 bridgehead atoms. The summed E-state index contributed by atoms with van der Waals surface area (Å²) in [7, 11) is 0. The molecule has 30 heavy (non-hydrogen) atoms. The molecule has 2 amide bonds. The smallest absolute Gasteiger partial charge is 0.256 e. The number of carbonyl (C=O) groups excluding carboxylic acids is 2. The van der Waals surface area contributed by atoms with Crippen LogP contribution in [0.15, 0.2) is 40.9 Å². The lowest BCUT2D eigenvalue weighted by molar-refractivity contribution is -0.125. The van der Waals surface area contributed by atoms with Gasteiger partial charge in [0.25, 0.3) is 5.91 Å². The van der Waals surface area contributed by atoms with Gasteiger partial charge < -0.3 is 24.9 Å². The number of nitrogens with zero attached hydrogens (tertiary/aromatic N) is 1. The third-order valence-corrected chi connectivity index (χ3v) is 5.34. The van der Waals surface area contributed by atoms with E-state index < -0.39 is 18.1 Å². The topological polar surface area (TPSA) is 114 Å². The molecular formula is C22H23N3O5. The van der Waals surface area contributed by atoms with Crippen LogP contribution < -0.4 is 15.4 Å². The summed E-state index contributed by atoms with van der Waals surface area (Å²) in [5, 5.41) is 15.7. The van der Waals surface area contributed by atoms with E-state index in [0.29, 0.717) is 47.6 Å². The summed E-state index contributed by atoms with van der Waals surface area (Å²) in [5.41, 5.74) is 1.40. The molecule has 0 saturated carbocycles. The zero-order chi connectivity index (χ0) is 21.3. The standard InChI is InChI=1S/C22H23N3O5/c1-13-3-4-15(10-24-13)11-29-16-5-6-18-17(9-16)19(14(2)30-18)20(27)25-22(12-26)7-8-23-21(22)28/h3-6,9-10,26H,7-8,11-12H2,1-2H3,(H,23,28)(H,25,27). The second-order valence-electron chi connectivity index (χ2n) is 7.49. The van der Waals surface area contributed by atoms with Gasteiger partial charge in [0.05, 0.1) is 12.2 Å². The van der Waals surface area contributed by atoms with Crippen molar-refractivity contribution in [2.75, 3.05) is 13.2 Å². The van der Waals surface area contributed by atoms with Gasteiger partial charge in [-0.25, -0.2) is 0 Å². The Labute approximate surface area is 173 Å². The second kappa shape index (κ2) is 7.79. The van der Waals surface area contributed by atoms with Gasteiger partial charge in [-0.3, -0.25) is 14.6 Å². The van der Waals surface area contributed by atoms with Gasteiger partial charge in [0.15, 0.2) is 0 Å². The summed E-state index contributed by atoms with van der Waals surface area (Å²) < 4.78 is 11.6. The molecule has 4 rings (SSSR count). The first-order chi connectivity index (χ1) is 14.4. The van der Waals surface area contributed by atoms with E-state index in [4.69, 9.17) is 9.15 Å². The molecule has 1 aliphatic heterocycles. The molecule has 1 aliphatic rings. The summed E-state index contributed by atoms with van der Waals surface area (Å²) >= 11 is 0. The van der Waals surface area contributed by atoms with Crippen LogP contribution in [0.1, 0.15) is 33.8 Å². The minimum absolute atomic E-state index is 0.319. The normalized spacial score (nSPS) is 18.4. The van der Waals surface area contributed by atoms with Crippen LogP contribution in [-0.4, -0.2) is 40.6 Å². The van der Waals surface area contributed by atoms with Crippen molar-refractivity contribution in [3.8, 4) is 5.75 Å². The van der Waals surface area contributed by atoms with E-state index in [1.54, 1.807) is 31.3 Å². The van der Waals surface area contributed by atoms with E-state index in [9.17, 15) is 14.7 Å². The summed E-state index contributed by atoms with van der Waals surface area (Å²) in [5.74, 6) is 0.138. The highest BCUT2D eigenvalue weighted by Gasteiger charge is 2.44. The van der Waals surface area contributed by atoms with E-state index in [-0.39, 0.29) is 5.91 Å². The van der Waals surface area contributed by atoms with Gasteiger partial charge in [0.2, 0.25) is 5.91 Å². The lowest BCUT2D eigenvalue weighted by atomic mass is 9.97. The first kappa shape index (κ1) is 19.9. The number of amides is 2. The van der Waals surface area contributed by atoms with Crippen LogP contribution in [0.5, 0.6) is 5.75 Å². The monoisotopic (exact) mass is 409 g/mol. The number of aryl methyl sites for hydroxylation is 2. The lowest BCUT2D eigenvalue weighted by Crippen LogP contribution is -2.56. The molecule has 1 unspecified atom stereocenters. The zero-order valence-corrected chi connectivity index (χ0v) is 16.8. The van der Waals surface area contributed by atoms with Crippen LogP contribution in [0.4, 0.5) is 0 Å². The Kier molecular flexibility index (Phi) is 5.17. The largest absolute Gasteiger partial charge is 0.489 e. The predicted octanol–water partition coefficient (Wildman–Crippen LogP) is 2.00. The van der Waals surface area contributed by atoms with Crippen LogP contribution in [-0.2, 0) is 11.4 Å². The maximum Gasteiger partial charge on any atom is 0.256 e. The highest BCUT2D eigenvalue weighted by molar-refractivity contribution is 6.09. The van der Waals surface area contributed by atoms with Gasteiger partial charge >= 0.3 is 0 Å². The van der Waals surface area contributed by atoms with Gasteiger partial charge in [0.1, 0.15) is 29.2 Å². The van der Waals surface area contributed by atoms with E-state index in [1.807, 2.05) is 19.1 Å². The molecule has 0 radical (unpaired) electrons. The van der Waals surface area contributed by atoms with Crippen LogP contribution in [0.3, 0.4) is 0 Å². The number of ether oxygens (including phenoxy) is 1. The summed E-state index contributed by atoms with van der Waals surface area (Å²) in [4.78, 5) is 29.4. The van der Waals surface area contributed by atoms with Crippen LogP contribution in [0.25, 0.3) is 11.0 Å². The lowest BCUT2D eigenvalue weighted by Gasteiger charge is -2.24. The summed E-state index contributed by atoms with van der Waals surface area (Å²) in [6.45, 7) is 3.87. The number of aromatic nitrogens is 1. The molecular weight excluding hydrogens is 386 g/mol. The molecule has 1 saturated heterocycles. The predicted molar refractivity (Wildman–Crippen MR) is 109 cm³/mol. The van der Waals surface area contributed by atoms with Gasteiger partial charge in [-0.2, -0.15) is 0 Å². The SMILES string of the molecule is Cc1ccc(COc2ccc3oc(C)c(C(=O)NC4(CO)CCNC4=O)c3c2)cn1. The molecule has 3 N–H and O–H groups in total. The molecule has 3 heterocycles. The van der Waals surface area contributed by atoms with Gasteiger partial charge in [0, 0.05) is 29.4 Å². The van der Waals surface area contributed by atoms with Crippen molar-refractivity contribution in [1.29, 1.82) is 0 Å². The van der Waals surface area contributed by atoms with E-state index >= 15 is 0 Å². The number of fused-ring (bicyclic) bond motifs is 1. The number of aliphatic hydroxyl groups is 1. The Balaban J connectivity index is 1.59. The summed E-state index contributed by atoms with van der Waals surface area (Å²) in [6.07, 6.45) is 2.08. The Bertz CT molecular complexity index is 1110. The van der Waals surface area contributed by atoms with Crippen molar-refractivity contribution in [3.63, 3.8) is 0 Å². The molecule has 2 aromatic heterocycles. The third-order valence-electron chi connectivity index (χ3n) is 5.34. The zero-order valence-electron chi connectivity index (χ0n) is 16.8. The highest BCUT2D eigenvalue weighted by Crippen LogP contribution is 2.30. The molecule has 0 spiro atoms. The number of hydrogen-bond acceptors (Lipinski definition) is 6. The molecule has 1 aromatic carbocycles.